The molecule has 106 valence electrons. The van der Waals surface area contributed by atoms with Crippen molar-refractivity contribution in [3.63, 3.8) is 0 Å². The maximum atomic E-state index is 11.8. The molecule has 0 spiro atoms. The minimum atomic E-state index is -0.449. The van der Waals surface area contributed by atoms with Crippen LogP contribution < -0.4 is 10.1 Å². The molecule has 19 heavy (non-hydrogen) atoms. The van der Waals surface area contributed by atoms with Crippen molar-refractivity contribution in [3.05, 3.63) is 23.2 Å². The molecule has 0 aliphatic heterocycles. The minimum absolute atomic E-state index is 0.178. The molecule has 1 amide bonds. The van der Waals surface area contributed by atoms with Crippen LogP contribution >= 0.6 is 11.6 Å². The van der Waals surface area contributed by atoms with Gasteiger partial charge < -0.3 is 14.8 Å². The molecule has 0 fully saturated rings. The van der Waals surface area contributed by atoms with E-state index in [0.717, 1.165) is 6.42 Å². The second kappa shape index (κ2) is 8.02. The molecule has 1 N–H and O–H groups in total. The molecular formula is C14H20ClNO3. The summed E-state index contributed by atoms with van der Waals surface area (Å²) in [5, 5.41) is 3.25. The molecule has 0 saturated heterocycles. The number of halogens is 1. The number of methoxy groups -OCH3 is 1. The van der Waals surface area contributed by atoms with Gasteiger partial charge in [-0.05, 0) is 31.0 Å². The average Bonchev–Trinajstić information content (AvgIpc) is 2.39. The van der Waals surface area contributed by atoms with E-state index in [2.05, 4.69) is 5.32 Å². The van der Waals surface area contributed by atoms with Gasteiger partial charge in [0, 0.05) is 12.8 Å². The lowest BCUT2D eigenvalue weighted by molar-refractivity contribution is -0.125. The zero-order valence-electron chi connectivity index (χ0n) is 11.5. The van der Waals surface area contributed by atoms with Gasteiger partial charge >= 0.3 is 0 Å². The fraction of sp³-hybridized carbons (Fsp3) is 0.500. The van der Waals surface area contributed by atoms with Gasteiger partial charge in [0.15, 0.2) is 0 Å². The average molecular weight is 286 g/mol. The van der Waals surface area contributed by atoms with Crippen molar-refractivity contribution in [2.45, 2.75) is 32.8 Å². The van der Waals surface area contributed by atoms with E-state index >= 15 is 0 Å². The number of hydrogen-bond acceptors (Lipinski definition) is 3. The zero-order valence-corrected chi connectivity index (χ0v) is 12.3. The molecular weight excluding hydrogens is 266 g/mol. The third-order valence-corrected chi connectivity index (χ3v) is 2.90. The highest BCUT2D eigenvalue weighted by Gasteiger charge is 2.15. The Balaban J connectivity index is 2.70. The Morgan fingerprint density at radius 2 is 2.16 bits per heavy atom. The number of carbonyl (C=O) groups is 1. The van der Waals surface area contributed by atoms with Crippen molar-refractivity contribution in [2.75, 3.05) is 19.0 Å². The summed E-state index contributed by atoms with van der Waals surface area (Å²) in [6.07, 6.45) is 1.09. The molecule has 0 aromatic heterocycles. The Bertz CT molecular complexity index is 419. The van der Waals surface area contributed by atoms with Crippen LogP contribution in [0.15, 0.2) is 18.2 Å². The Kier molecular flexibility index (Phi) is 6.67. The second-order valence-electron chi connectivity index (χ2n) is 4.12. The molecule has 1 atom stereocenters. The van der Waals surface area contributed by atoms with Crippen LogP contribution in [-0.2, 0) is 9.53 Å². The first kappa shape index (κ1) is 15.8. The van der Waals surface area contributed by atoms with Gasteiger partial charge in [-0.25, -0.2) is 0 Å². The molecule has 1 rings (SSSR count). The van der Waals surface area contributed by atoms with Crippen molar-refractivity contribution in [1.82, 2.24) is 0 Å². The van der Waals surface area contributed by atoms with Crippen molar-refractivity contribution in [3.8, 4) is 5.75 Å². The fourth-order valence-electron chi connectivity index (χ4n) is 1.59. The highest BCUT2D eigenvalue weighted by atomic mass is 35.5. The Hall–Kier alpha value is -1.26. The lowest BCUT2D eigenvalue weighted by Crippen LogP contribution is -2.28. The van der Waals surface area contributed by atoms with Crippen molar-refractivity contribution >= 4 is 23.2 Å². The summed E-state index contributed by atoms with van der Waals surface area (Å²) in [7, 11) is 1.52. The lowest BCUT2D eigenvalue weighted by atomic mass is 10.2. The number of ether oxygens (including phenoxy) is 2. The number of rotatable bonds is 7. The maximum absolute atomic E-state index is 11.8. The third-order valence-electron chi connectivity index (χ3n) is 2.61. The molecule has 0 bridgehead atoms. The number of amides is 1. The summed E-state index contributed by atoms with van der Waals surface area (Å²) in [6, 6.07) is 5.19. The van der Waals surface area contributed by atoms with Gasteiger partial charge in [-0.3, -0.25) is 4.79 Å². The molecule has 1 aromatic rings. The SMILES string of the molecule is CCCOc1ccc(NC(=O)C(CC)OC)cc1Cl. The fourth-order valence-corrected chi connectivity index (χ4v) is 1.82. The monoisotopic (exact) mass is 285 g/mol. The molecule has 0 saturated carbocycles. The maximum Gasteiger partial charge on any atom is 0.253 e. The predicted molar refractivity (Wildman–Crippen MR) is 77.0 cm³/mol. The van der Waals surface area contributed by atoms with Crippen molar-refractivity contribution in [2.24, 2.45) is 0 Å². The van der Waals surface area contributed by atoms with E-state index in [-0.39, 0.29) is 5.91 Å². The molecule has 4 nitrogen and oxygen atoms in total. The summed E-state index contributed by atoms with van der Waals surface area (Å²) < 4.78 is 10.5. The molecule has 0 aliphatic rings. The molecule has 1 aromatic carbocycles. The topological polar surface area (TPSA) is 47.6 Å². The number of benzene rings is 1. The van der Waals surface area contributed by atoms with Crippen LogP contribution in [0, 0.1) is 0 Å². The summed E-state index contributed by atoms with van der Waals surface area (Å²) in [5.41, 5.74) is 0.634. The quantitative estimate of drug-likeness (QED) is 0.834. The Morgan fingerprint density at radius 3 is 2.68 bits per heavy atom. The number of hydrogen-bond donors (Lipinski definition) is 1. The summed E-state index contributed by atoms with van der Waals surface area (Å²) in [5.74, 6) is 0.448. The van der Waals surface area contributed by atoms with Gasteiger partial charge in [0.05, 0.1) is 11.6 Å². The third kappa shape index (κ3) is 4.73. The van der Waals surface area contributed by atoms with Gasteiger partial charge in [0.2, 0.25) is 0 Å². The first-order chi connectivity index (χ1) is 9.12. The highest BCUT2D eigenvalue weighted by molar-refractivity contribution is 6.32. The van der Waals surface area contributed by atoms with Crippen LogP contribution in [0.4, 0.5) is 5.69 Å². The van der Waals surface area contributed by atoms with Crippen LogP contribution in [0.1, 0.15) is 26.7 Å². The summed E-state index contributed by atoms with van der Waals surface area (Å²) >= 11 is 6.09. The van der Waals surface area contributed by atoms with Gasteiger partial charge in [-0.1, -0.05) is 25.4 Å². The molecule has 5 heteroatoms. The highest BCUT2D eigenvalue weighted by Crippen LogP contribution is 2.27. The number of anilines is 1. The summed E-state index contributed by atoms with van der Waals surface area (Å²) in [6.45, 7) is 4.54. The van der Waals surface area contributed by atoms with E-state index in [1.54, 1.807) is 18.2 Å². The Labute approximate surface area is 119 Å². The largest absolute Gasteiger partial charge is 0.492 e. The second-order valence-corrected chi connectivity index (χ2v) is 4.52. The molecule has 1 unspecified atom stereocenters. The predicted octanol–water partition coefficient (Wildman–Crippen LogP) is 3.49. The van der Waals surface area contributed by atoms with E-state index in [1.165, 1.54) is 7.11 Å². The standard InChI is InChI=1S/C14H20ClNO3/c1-4-8-19-13-7-6-10(9-11(13)15)16-14(17)12(5-2)18-3/h6-7,9,12H,4-5,8H2,1-3H3,(H,16,17). The molecule has 0 radical (unpaired) electrons. The normalized spacial score (nSPS) is 12.0. The van der Waals surface area contributed by atoms with Gasteiger partial charge in [-0.15, -0.1) is 0 Å². The van der Waals surface area contributed by atoms with Crippen LogP contribution in [0.3, 0.4) is 0 Å². The van der Waals surface area contributed by atoms with Crippen molar-refractivity contribution < 1.29 is 14.3 Å². The van der Waals surface area contributed by atoms with E-state index < -0.39 is 6.10 Å². The molecule has 0 aliphatic carbocycles. The molecule has 0 heterocycles. The smallest absolute Gasteiger partial charge is 0.253 e. The van der Waals surface area contributed by atoms with E-state index in [1.807, 2.05) is 13.8 Å². The summed E-state index contributed by atoms with van der Waals surface area (Å²) in [4.78, 5) is 11.8. The van der Waals surface area contributed by atoms with Gasteiger partial charge in [0.25, 0.3) is 5.91 Å². The zero-order chi connectivity index (χ0) is 14.3. The number of nitrogens with one attached hydrogen (secondary N) is 1. The first-order valence-electron chi connectivity index (χ1n) is 6.38. The van der Waals surface area contributed by atoms with Gasteiger partial charge in [0.1, 0.15) is 11.9 Å². The lowest BCUT2D eigenvalue weighted by Gasteiger charge is -2.14. The van der Waals surface area contributed by atoms with E-state index in [4.69, 9.17) is 21.1 Å². The van der Waals surface area contributed by atoms with Gasteiger partial charge in [-0.2, -0.15) is 0 Å². The van der Waals surface area contributed by atoms with Crippen LogP contribution in [0.25, 0.3) is 0 Å². The van der Waals surface area contributed by atoms with E-state index in [9.17, 15) is 4.79 Å². The Morgan fingerprint density at radius 1 is 1.42 bits per heavy atom. The van der Waals surface area contributed by atoms with Crippen LogP contribution in [-0.4, -0.2) is 25.7 Å². The van der Waals surface area contributed by atoms with E-state index in [0.29, 0.717) is 29.5 Å². The number of carbonyl (C=O) groups excluding carboxylic acids is 1. The minimum Gasteiger partial charge on any atom is -0.492 e. The van der Waals surface area contributed by atoms with Crippen LogP contribution in [0.5, 0.6) is 5.75 Å². The van der Waals surface area contributed by atoms with Crippen molar-refractivity contribution in [1.29, 1.82) is 0 Å². The van der Waals surface area contributed by atoms with Crippen LogP contribution in [0.2, 0.25) is 5.02 Å². The first-order valence-corrected chi connectivity index (χ1v) is 6.76.